The van der Waals surface area contributed by atoms with Crippen molar-refractivity contribution in [2.45, 2.75) is 31.2 Å². The fraction of sp³-hybridized carbons (Fsp3) is 0.833. The zero-order valence-electron chi connectivity index (χ0n) is 6.44. The quantitative estimate of drug-likeness (QED) is 0.309. The molecule has 1 saturated carbocycles. The van der Waals surface area contributed by atoms with Crippen molar-refractivity contribution in [2.24, 2.45) is 5.84 Å². The van der Waals surface area contributed by atoms with Crippen LogP contribution in [0.25, 0.3) is 0 Å². The van der Waals surface area contributed by atoms with Gasteiger partial charge >= 0.3 is 6.03 Å². The fourth-order valence-electron chi connectivity index (χ4n) is 1.30. The van der Waals surface area contributed by atoms with Gasteiger partial charge in [0, 0.05) is 18.9 Å². The number of alkyl halides is 2. The second-order valence-electron chi connectivity index (χ2n) is 2.91. The second-order valence-corrected chi connectivity index (χ2v) is 2.91. The summed E-state index contributed by atoms with van der Waals surface area (Å²) in [6, 6.07) is -1.07. The first-order valence-electron chi connectivity index (χ1n) is 3.68. The minimum Gasteiger partial charge on any atom is -0.334 e. The third kappa shape index (κ3) is 2.30. The molecule has 2 amide bonds. The van der Waals surface area contributed by atoms with Gasteiger partial charge in [-0.15, -0.1) is 0 Å². The SMILES string of the molecule is NNC(=O)NC1CCC(F)(F)C1. The number of hydrogen-bond donors (Lipinski definition) is 3. The van der Waals surface area contributed by atoms with Crippen LogP contribution in [0, 0.1) is 0 Å². The van der Waals surface area contributed by atoms with Crippen LogP contribution in [-0.4, -0.2) is 18.0 Å². The number of hydrogen-bond acceptors (Lipinski definition) is 2. The van der Waals surface area contributed by atoms with E-state index in [1.54, 1.807) is 0 Å². The summed E-state index contributed by atoms with van der Waals surface area (Å²) in [4.78, 5) is 10.6. The molecule has 0 saturated heterocycles. The monoisotopic (exact) mass is 179 g/mol. The van der Waals surface area contributed by atoms with Crippen molar-refractivity contribution in [2.75, 3.05) is 0 Å². The van der Waals surface area contributed by atoms with Crippen LogP contribution in [-0.2, 0) is 0 Å². The summed E-state index contributed by atoms with van der Waals surface area (Å²) in [5.74, 6) is 2.14. The molecule has 1 unspecified atom stereocenters. The van der Waals surface area contributed by atoms with Crippen LogP contribution >= 0.6 is 0 Å². The zero-order chi connectivity index (χ0) is 9.19. The first-order valence-corrected chi connectivity index (χ1v) is 3.68. The third-order valence-electron chi connectivity index (χ3n) is 1.87. The van der Waals surface area contributed by atoms with Crippen molar-refractivity contribution >= 4 is 6.03 Å². The molecule has 12 heavy (non-hydrogen) atoms. The van der Waals surface area contributed by atoms with Gasteiger partial charge in [0.15, 0.2) is 0 Å². The normalized spacial score (nSPS) is 26.8. The van der Waals surface area contributed by atoms with Gasteiger partial charge in [-0.25, -0.2) is 19.4 Å². The average molecular weight is 179 g/mol. The van der Waals surface area contributed by atoms with Gasteiger partial charge in [-0.3, -0.25) is 5.43 Å². The molecule has 1 aliphatic carbocycles. The smallest absolute Gasteiger partial charge is 0.329 e. The number of nitrogens with two attached hydrogens (primary N) is 1. The molecule has 0 spiro atoms. The Balaban J connectivity index is 2.33. The lowest BCUT2D eigenvalue weighted by atomic mass is 10.2. The van der Waals surface area contributed by atoms with Crippen molar-refractivity contribution in [1.29, 1.82) is 0 Å². The molecular weight excluding hydrogens is 168 g/mol. The Morgan fingerprint density at radius 1 is 1.58 bits per heavy atom. The Bertz CT molecular complexity index is 186. The highest BCUT2D eigenvalue weighted by Gasteiger charge is 2.39. The van der Waals surface area contributed by atoms with Gasteiger partial charge in [-0.2, -0.15) is 0 Å². The predicted molar refractivity (Wildman–Crippen MR) is 38.4 cm³/mol. The summed E-state index contributed by atoms with van der Waals surface area (Å²) in [7, 11) is 0. The van der Waals surface area contributed by atoms with Crippen LogP contribution in [0.4, 0.5) is 13.6 Å². The van der Waals surface area contributed by atoms with E-state index < -0.39 is 18.0 Å². The van der Waals surface area contributed by atoms with Crippen molar-refractivity contribution in [3.63, 3.8) is 0 Å². The predicted octanol–water partition coefficient (Wildman–Crippen LogP) is 0.347. The summed E-state index contributed by atoms with van der Waals surface area (Å²) < 4.78 is 25.1. The van der Waals surface area contributed by atoms with Crippen LogP contribution in [0.5, 0.6) is 0 Å². The van der Waals surface area contributed by atoms with Crippen molar-refractivity contribution in [1.82, 2.24) is 10.7 Å². The molecule has 0 radical (unpaired) electrons. The van der Waals surface area contributed by atoms with E-state index in [1.165, 1.54) is 0 Å². The molecule has 0 bridgehead atoms. The largest absolute Gasteiger partial charge is 0.334 e. The maximum Gasteiger partial charge on any atom is 0.329 e. The highest BCUT2D eigenvalue weighted by atomic mass is 19.3. The van der Waals surface area contributed by atoms with E-state index in [9.17, 15) is 13.6 Å². The summed E-state index contributed by atoms with van der Waals surface area (Å²) in [5, 5.41) is 2.33. The first kappa shape index (κ1) is 9.18. The van der Waals surface area contributed by atoms with Crippen LogP contribution < -0.4 is 16.6 Å². The van der Waals surface area contributed by atoms with E-state index in [0.29, 0.717) is 6.42 Å². The van der Waals surface area contributed by atoms with Crippen LogP contribution in [0.3, 0.4) is 0 Å². The van der Waals surface area contributed by atoms with Crippen LogP contribution in [0.1, 0.15) is 19.3 Å². The van der Waals surface area contributed by atoms with Gasteiger partial charge in [0.1, 0.15) is 0 Å². The molecule has 1 aliphatic rings. The van der Waals surface area contributed by atoms with Gasteiger partial charge in [0.05, 0.1) is 0 Å². The highest BCUT2D eigenvalue weighted by molar-refractivity contribution is 5.73. The standard InChI is InChI=1S/C6H11F2N3O/c7-6(8)2-1-4(3-6)10-5(12)11-9/h4H,1-3,9H2,(H2,10,11,12). The van der Waals surface area contributed by atoms with E-state index in [0.717, 1.165) is 0 Å². The Morgan fingerprint density at radius 3 is 2.67 bits per heavy atom. The minimum atomic E-state index is -2.63. The number of rotatable bonds is 1. The van der Waals surface area contributed by atoms with Gasteiger partial charge in [0.2, 0.25) is 5.92 Å². The lowest BCUT2D eigenvalue weighted by molar-refractivity contribution is 0.00732. The number of amides is 2. The summed E-state index contributed by atoms with van der Waals surface area (Å²) >= 11 is 0. The number of nitrogens with one attached hydrogen (secondary N) is 2. The number of carbonyl (C=O) groups excluding carboxylic acids is 1. The lowest BCUT2D eigenvalue weighted by Crippen LogP contribution is -2.44. The molecule has 1 fully saturated rings. The van der Waals surface area contributed by atoms with E-state index in [2.05, 4.69) is 5.32 Å². The highest BCUT2D eigenvalue weighted by Crippen LogP contribution is 2.34. The first-order chi connectivity index (χ1) is 5.53. The molecule has 0 aromatic rings. The molecule has 6 heteroatoms. The molecule has 70 valence electrons. The molecule has 0 aliphatic heterocycles. The van der Waals surface area contributed by atoms with Crippen molar-refractivity contribution < 1.29 is 13.6 Å². The van der Waals surface area contributed by atoms with E-state index in [4.69, 9.17) is 5.84 Å². The topological polar surface area (TPSA) is 67.1 Å². The molecule has 4 nitrogen and oxygen atoms in total. The fourth-order valence-corrected chi connectivity index (χ4v) is 1.30. The zero-order valence-corrected chi connectivity index (χ0v) is 6.44. The third-order valence-corrected chi connectivity index (χ3v) is 1.87. The Morgan fingerprint density at radius 2 is 2.25 bits per heavy atom. The number of urea groups is 1. The van der Waals surface area contributed by atoms with Gasteiger partial charge < -0.3 is 5.32 Å². The summed E-state index contributed by atoms with van der Waals surface area (Å²) in [5.41, 5.74) is 1.82. The van der Waals surface area contributed by atoms with Crippen LogP contribution in [0.2, 0.25) is 0 Å². The molecule has 0 aromatic heterocycles. The summed E-state index contributed by atoms with van der Waals surface area (Å²) in [6.07, 6.45) is -0.149. The maximum atomic E-state index is 12.5. The second kappa shape index (κ2) is 3.22. The van der Waals surface area contributed by atoms with Crippen molar-refractivity contribution in [3.05, 3.63) is 0 Å². The Labute approximate surface area is 68.5 Å². The molecule has 0 heterocycles. The van der Waals surface area contributed by atoms with E-state index in [1.807, 2.05) is 5.43 Å². The number of carbonyl (C=O) groups is 1. The molecule has 0 aromatic carbocycles. The van der Waals surface area contributed by atoms with E-state index in [-0.39, 0.29) is 12.8 Å². The Hall–Kier alpha value is -0.910. The molecule has 4 N–H and O–H groups in total. The van der Waals surface area contributed by atoms with E-state index >= 15 is 0 Å². The number of hydrazine groups is 1. The van der Waals surface area contributed by atoms with Gasteiger partial charge in [0.25, 0.3) is 0 Å². The lowest BCUT2D eigenvalue weighted by Gasteiger charge is -2.11. The number of halogens is 2. The van der Waals surface area contributed by atoms with Gasteiger partial charge in [-0.1, -0.05) is 0 Å². The minimum absolute atomic E-state index is 0.164. The Kier molecular flexibility index (Phi) is 2.46. The molecule has 1 atom stereocenters. The van der Waals surface area contributed by atoms with Crippen LogP contribution in [0.15, 0.2) is 0 Å². The molecular formula is C6H11F2N3O. The maximum absolute atomic E-state index is 12.5. The average Bonchev–Trinajstić information content (AvgIpc) is 2.30. The molecule has 1 rings (SSSR count). The van der Waals surface area contributed by atoms with Gasteiger partial charge in [-0.05, 0) is 6.42 Å². The summed E-state index contributed by atoms with van der Waals surface area (Å²) in [6.45, 7) is 0. The van der Waals surface area contributed by atoms with Crippen molar-refractivity contribution in [3.8, 4) is 0 Å².